The third kappa shape index (κ3) is 4.49. The Balaban J connectivity index is 1.57. The van der Waals surface area contributed by atoms with Crippen molar-refractivity contribution in [3.63, 3.8) is 0 Å². The second-order valence-electron chi connectivity index (χ2n) is 6.16. The fourth-order valence-corrected chi connectivity index (χ4v) is 3.82. The van der Waals surface area contributed by atoms with Crippen LogP contribution in [0.3, 0.4) is 0 Å². The lowest BCUT2D eigenvalue weighted by atomic mass is 10.2. The number of carbonyl (C=O) groups excluding carboxylic acids is 3. The highest BCUT2D eigenvalue weighted by atomic mass is 32.2. The molecule has 0 saturated carbocycles. The van der Waals surface area contributed by atoms with E-state index in [1.54, 1.807) is 19.2 Å². The van der Waals surface area contributed by atoms with Gasteiger partial charge < -0.3 is 15.0 Å². The van der Waals surface area contributed by atoms with Crippen molar-refractivity contribution in [2.75, 3.05) is 17.3 Å². The molecule has 1 aliphatic heterocycles. The van der Waals surface area contributed by atoms with Gasteiger partial charge in [-0.25, -0.2) is 0 Å². The molecule has 0 spiro atoms. The lowest BCUT2D eigenvalue weighted by Gasteiger charge is -2.24. The summed E-state index contributed by atoms with van der Waals surface area (Å²) in [7, 11) is 1.63. The number of hydrogen-bond acceptors (Lipinski definition) is 5. The van der Waals surface area contributed by atoms with Gasteiger partial charge in [0, 0.05) is 17.6 Å². The van der Waals surface area contributed by atoms with E-state index in [4.69, 9.17) is 4.74 Å². The van der Waals surface area contributed by atoms with Crippen molar-refractivity contribution < 1.29 is 19.1 Å². The van der Waals surface area contributed by atoms with E-state index in [2.05, 4.69) is 5.32 Å². The number of rotatable bonds is 5. The van der Waals surface area contributed by atoms with Crippen molar-refractivity contribution in [2.24, 2.45) is 0 Å². The molecule has 0 bridgehead atoms. The summed E-state index contributed by atoms with van der Waals surface area (Å²) in [5, 5.41) is 2.21. The van der Waals surface area contributed by atoms with Gasteiger partial charge in [0.1, 0.15) is 0 Å². The summed E-state index contributed by atoms with van der Waals surface area (Å²) < 4.78 is 5.27. The van der Waals surface area contributed by atoms with Crippen LogP contribution in [0.15, 0.2) is 59.5 Å². The van der Waals surface area contributed by atoms with Crippen LogP contribution >= 0.6 is 11.8 Å². The largest absolute Gasteiger partial charge is 0.452 e. The molecule has 0 aliphatic carbocycles. The number of hydrogen-bond donors (Lipinski definition) is 1. The number of para-hydroxylation sites is 2. The normalized spacial score (nSPS) is 16.7. The molecule has 1 aliphatic rings. The third-order valence-electron chi connectivity index (χ3n) is 4.19. The number of likely N-dealkylation sites (N-methyl/N-ethyl adjacent to an activating group) is 1. The fourth-order valence-electron chi connectivity index (χ4n) is 2.73. The Morgan fingerprint density at radius 2 is 1.81 bits per heavy atom. The Hall–Kier alpha value is -2.80. The molecule has 1 N–H and O–H groups in total. The van der Waals surface area contributed by atoms with Gasteiger partial charge in [0.15, 0.2) is 6.10 Å². The third-order valence-corrected chi connectivity index (χ3v) is 5.46. The van der Waals surface area contributed by atoms with Crippen molar-refractivity contribution in [3.05, 3.63) is 54.6 Å². The standard InChI is InChI=1S/C20H20N2O4S/c1-13(20(25)22(2)14-8-4-3-5-9-14)26-18(23)12-17-19(24)21-15-10-6-7-11-16(15)27-17/h3-11,13,17H,12H2,1-2H3,(H,21,24)/t13-,17-/m0/s1. The number of anilines is 2. The SMILES string of the molecule is C[C@H](OC(=O)C[C@@H]1Sc2ccccc2NC1=O)C(=O)N(C)c1ccccc1. The molecule has 0 aromatic heterocycles. The highest BCUT2D eigenvalue weighted by molar-refractivity contribution is 8.01. The van der Waals surface area contributed by atoms with E-state index in [0.717, 1.165) is 10.6 Å². The minimum absolute atomic E-state index is 0.0997. The Morgan fingerprint density at radius 1 is 1.15 bits per heavy atom. The van der Waals surface area contributed by atoms with Gasteiger partial charge in [-0.15, -0.1) is 11.8 Å². The summed E-state index contributed by atoms with van der Waals surface area (Å²) in [6.07, 6.45) is -1.04. The number of nitrogens with one attached hydrogen (secondary N) is 1. The van der Waals surface area contributed by atoms with E-state index in [0.29, 0.717) is 5.69 Å². The number of carbonyl (C=O) groups is 3. The zero-order valence-electron chi connectivity index (χ0n) is 15.0. The summed E-state index contributed by atoms with van der Waals surface area (Å²) in [5.41, 5.74) is 1.45. The van der Waals surface area contributed by atoms with E-state index in [1.807, 2.05) is 42.5 Å². The second-order valence-corrected chi connectivity index (χ2v) is 7.41. The number of amides is 2. The van der Waals surface area contributed by atoms with Gasteiger partial charge in [0.2, 0.25) is 5.91 Å². The highest BCUT2D eigenvalue weighted by Gasteiger charge is 2.31. The lowest BCUT2D eigenvalue weighted by molar-refractivity contribution is -0.154. The van der Waals surface area contributed by atoms with Crippen LogP contribution in [0, 0.1) is 0 Å². The van der Waals surface area contributed by atoms with Crippen LogP contribution in [0.5, 0.6) is 0 Å². The van der Waals surface area contributed by atoms with Gasteiger partial charge in [0.05, 0.1) is 17.4 Å². The van der Waals surface area contributed by atoms with Crippen LogP contribution in [0.2, 0.25) is 0 Å². The molecule has 2 aromatic carbocycles. The Labute approximate surface area is 161 Å². The average molecular weight is 384 g/mol. The van der Waals surface area contributed by atoms with Gasteiger partial charge in [-0.05, 0) is 31.2 Å². The van der Waals surface area contributed by atoms with Crippen LogP contribution in [0.25, 0.3) is 0 Å². The molecule has 2 amide bonds. The van der Waals surface area contributed by atoms with Crippen molar-refractivity contribution >= 4 is 40.9 Å². The molecular formula is C20H20N2O4S. The number of benzene rings is 2. The Bertz CT molecular complexity index is 856. The molecule has 0 unspecified atom stereocenters. The predicted molar refractivity (Wildman–Crippen MR) is 105 cm³/mol. The summed E-state index contributed by atoms with van der Waals surface area (Å²) in [4.78, 5) is 39.3. The molecule has 2 atom stereocenters. The first-order chi connectivity index (χ1) is 13.0. The zero-order chi connectivity index (χ0) is 19.4. The van der Waals surface area contributed by atoms with E-state index in [-0.39, 0.29) is 18.2 Å². The van der Waals surface area contributed by atoms with Crippen LogP contribution in [-0.2, 0) is 19.1 Å². The number of ether oxygens (including phenoxy) is 1. The van der Waals surface area contributed by atoms with Gasteiger partial charge in [-0.2, -0.15) is 0 Å². The molecule has 6 nitrogen and oxygen atoms in total. The molecule has 0 saturated heterocycles. The van der Waals surface area contributed by atoms with Crippen molar-refractivity contribution in [2.45, 2.75) is 29.6 Å². The zero-order valence-corrected chi connectivity index (χ0v) is 15.9. The first kappa shape index (κ1) is 19.0. The van der Waals surface area contributed by atoms with Gasteiger partial charge in [-0.1, -0.05) is 30.3 Å². The molecule has 0 radical (unpaired) electrons. The molecule has 27 heavy (non-hydrogen) atoms. The maximum Gasteiger partial charge on any atom is 0.308 e. The summed E-state index contributed by atoms with van der Waals surface area (Å²) in [6, 6.07) is 16.5. The van der Waals surface area contributed by atoms with Crippen LogP contribution in [0.4, 0.5) is 11.4 Å². The van der Waals surface area contributed by atoms with Crippen LogP contribution in [-0.4, -0.2) is 36.2 Å². The molecule has 7 heteroatoms. The second kappa shape index (κ2) is 8.26. The quantitative estimate of drug-likeness (QED) is 0.802. The Morgan fingerprint density at radius 3 is 2.56 bits per heavy atom. The van der Waals surface area contributed by atoms with E-state index in [9.17, 15) is 14.4 Å². The predicted octanol–water partition coefficient (Wildman–Crippen LogP) is 3.08. The van der Waals surface area contributed by atoms with Crippen LogP contribution in [0.1, 0.15) is 13.3 Å². The van der Waals surface area contributed by atoms with Crippen molar-refractivity contribution in [1.29, 1.82) is 0 Å². The number of fused-ring (bicyclic) bond motifs is 1. The van der Waals surface area contributed by atoms with Gasteiger partial charge in [-0.3, -0.25) is 14.4 Å². The monoisotopic (exact) mass is 384 g/mol. The van der Waals surface area contributed by atoms with Gasteiger partial charge in [0.25, 0.3) is 5.91 Å². The van der Waals surface area contributed by atoms with Crippen molar-refractivity contribution in [1.82, 2.24) is 0 Å². The van der Waals surface area contributed by atoms with Gasteiger partial charge >= 0.3 is 5.97 Å². The summed E-state index contributed by atoms with van der Waals surface area (Å²) in [5.74, 6) is -1.15. The minimum Gasteiger partial charge on any atom is -0.452 e. The van der Waals surface area contributed by atoms with E-state index in [1.165, 1.54) is 23.6 Å². The molecule has 3 rings (SSSR count). The highest BCUT2D eigenvalue weighted by Crippen LogP contribution is 2.36. The average Bonchev–Trinajstić information content (AvgIpc) is 2.68. The number of esters is 1. The molecular weight excluding hydrogens is 364 g/mol. The molecule has 140 valence electrons. The first-order valence-electron chi connectivity index (χ1n) is 8.54. The number of nitrogens with zero attached hydrogens (tertiary/aromatic N) is 1. The maximum absolute atomic E-state index is 12.5. The number of thioether (sulfide) groups is 1. The summed E-state index contributed by atoms with van der Waals surface area (Å²) in [6.45, 7) is 1.53. The lowest BCUT2D eigenvalue weighted by Crippen LogP contribution is -2.38. The smallest absolute Gasteiger partial charge is 0.308 e. The topological polar surface area (TPSA) is 75.7 Å². The molecule has 2 aromatic rings. The molecule has 0 fully saturated rings. The van der Waals surface area contributed by atoms with E-state index >= 15 is 0 Å². The fraction of sp³-hybridized carbons (Fsp3) is 0.250. The maximum atomic E-state index is 12.5. The first-order valence-corrected chi connectivity index (χ1v) is 9.42. The van der Waals surface area contributed by atoms with Crippen molar-refractivity contribution in [3.8, 4) is 0 Å². The Kier molecular flexibility index (Phi) is 5.81. The minimum atomic E-state index is -0.938. The van der Waals surface area contributed by atoms with E-state index < -0.39 is 17.3 Å². The van der Waals surface area contributed by atoms with Crippen LogP contribution < -0.4 is 10.2 Å². The molecule has 1 heterocycles. The summed E-state index contributed by atoms with van der Waals surface area (Å²) >= 11 is 1.32.